The summed E-state index contributed by atoms with van der Waals surface area (Å²) in [6.45, 7) is 2.15. The Bertz CT molecular complexity index is 388. The van der Waals surface area contributed by atoms with Gasteiger partial charge in [-0.2, -0.15) is 0 Å². The van der Waals surface area contributed by atoms with E-state index in [0.29, 0.717) is 6.61 Å². The van der Waals surface area contributed by atoms with Gasteiger partial charge >= 0.3 is 5.97 Å². The minimum Gasteiger partial charge on any atom is -0.496 e. The lowest BCUT2D eigenvalue weighted by molar-refractivity contribution is -0.144. The van der Waals surface area contributed by atoms with E-state index in [1.165, 1.54) is 0 Å². The fourth-order valence-electron chi connectivity index (χ4n) is 1.65. The third kappa shape index (κ3) is 2.02. The van der Waals surface area contributed by atoms with Crippen LogP contribution in [0.15, 0.2) is 24.3 Å². The van der Waals surface area contributed by atoms with Gasteiger partial charge in [-0.1, -0.05) is 18.2 Å². The largest absolute Gasteiger partial charge is 0.496 e. The second-order valence-electron chi connectivity index (χ2n) is 3.47. The topological polar surface area (TPSA) is 48.1 Å². The number of rotatable bonds is 4. The van der Waals surface area contributed by atoms with Crippen molar-refractivity contribution in [3.05, 3.63) is 29.8 Å². The van der Waals surface area contributed by atoms with E-state index in [2.05, 4.69) is 0 Å². The van der Waals surface area contributed by atoms with Gasteiger partial charge in [0, 0.05) is 5.56 Å². The normalized spacial score (nSPS) is 22.6. The molecule has 0 bridgehead atoms. The molecule has 1 saturated heterocycles. The van der Waals surface area contributed by atoms with Crippen LogP contribution >= 0.6 is 0 Å². The van der Waals surface area contributed by atoms with Crippen molar-refractivity contribution in [2.45, 2.75) is 19.1 Å². The molecule has 2 atom stereocenters. The molecule has 86 valence electrons. The van der Waals surface area contributed by atoms with Crippen LogP contribution in [0.1, 0.15) is 18.6 Å². The van der Waals surface area contributed by atoms with Crippen molar-refractivity contribution in [2.75, 3.05) is 13.7 Å². The number of hydrogen-bond donors (Lipinski definition) is 0. The standard InChI is InChI=1S/C12H14O4/c1-3-15-12(13)11-10(16-11)8-6-4-5-7-9(8)14-2/h4-7,10-11H,3H2,1-2H3/t10-,11-/m0/s1. The molecule has 4 nitrogen and oxygen atoms in total. The van der Waals surface area contributed by atoms with E-state index in [1.807, 2.05) is 24.3 Å². The molecule has 1 aliphatic heterocycles. The second-order valence-corrected chi connectivity index (χ2v) is 3.47. The fourth-order valence-corrected chi connectivity index (χ4v) is 1.65. The maximum atomic E-state index is 11.4. The van der Waals surface area contributed by atoms with Gasteiger partial charge in [-0.05, 0) is 13.0 Å². The quantitative estimate of drug-likeness (QED) is 0.574. The van der Waals surface area contributed by atoms with Crippen molar-refractivity contribution in [1.82, 2.24) is 0 Å². The van der Waals surface area contributed by atoms with Gasteiger partial charge in [0.2, 0.25) is 0 Å². The molecular formula is C12H14O4. The highest BCUT2D eigenvalue weighted by Gasteiger charge is 2.48. The van der Waals surface area contributed by atoms with Crippen molar-refractivity contribution in [2.24, 2.45) is 0 Å². The lowest BCUT2D eigenvalue weighted by atomic mass is 10.1. The van der Waals surface area contributed by atoms with Crippen LogP contribution in [0, 0.1) is 0 Å². The SMILES string of the molecule is CCOC(=O)[C@H]1O[C@H]1c1ccccc1OC. The first-order valence-electron chi connectivity index (χ1n) is 5.23. The van der Waals surface area contributed by atoms with E-state index in [1.54, 1.807) is 14.0 Å². The van der Waals surface area contributed by atoms with Gasteiger partial charge in [-0.3, -0.25) is 0 Å². The van der Waals surface area contributed by atoms with Crippen LogP contribution < -0.4 is 4.74 Å². The van der Waals surface area contributed by atoms with E-state index in [9.17, 15) is 4.79 Å². The number of benzene rings is 1. The zero-order valence-corrected chi connectivity index (χ0v) is 9.30. The molecule has 0 spiro atoms. The zero-order valence-electron chi connectivity index (χ0n) is 9.30. The smallest absolute Gasteiger partial charge is 0.338 e. The number of para-hydroxylation sites is 1. The van der Waals surface area contributed by atoms with Gasteiger partial charge in [0.1, 0.15) is 11.9 Å². The van der Waals surface area contributed by atoms with E-state index >= 15 is 0 Å². The average Bonchev–Trinajstić information content (AvgIpc) is 3.09. The van der Waals surface area contributed by atoms with Crippen LogP contribution in [-0.2, 0) is 14.3 Å². The number of ether oxygens (including phenoxy) is 3. The zero-order chi connectivity index (χ0) is 11.5. The summed E-state index contributed by atoms with van der Waals surface area (Å²) in [7, 11) is 1.60. The number of carbonyl (C=O) groups is 1. The Morgan fingerprint density at radius 2 is 2.19 bits per heavy atom. The summed E-state index contributed by atoms with van der Waals surface area (Å²) in [4.78, 5) is 11.4. The van der Waals surface area contributed by atoms with Crippen molar-refractivity contribution in [3.63, 3.8) is 0 Å². The summed E-state index contributed by atoms with van der Waals surface area (Å²) in [6, 6.07) is 7.51. The molecule has 0 aliphatic carbocycles. The van der Waals surface area contributed by atoms with Crippen LogP contribution in [0.3, 0.4) is 0 Å². The first kappa shape index (κ1) is 11.0. The molecule has 16 heavy (non-hydrogen) atoms. The molecule has 0 radical (unpaired) electrons. The summed E-state index contributed by atoms with van der Waals surface area (Å²) in [6.07, 6.45) is -0.702. The minimum absolute atomic E-state index is 0.227. The van der Waals surface area contributed by atoms with Gasteiger partial charge in [0.15, 0.2) is 6.10 Å². The van der Waals surface area contributed by atoms with Crippen LogP contribution in [0.25, 0.3) is 0 Å². The molecule has 1 aromatic rings. The molecule has 1 fully saturated rings. The Balaban J connectivity index is 2.08. The summed E-state index contributed by atoms with van der Waals surface area (Å²) in [5.41, 5.74) is 0.892. The first-order valence-corrected chi connectivity index (χ1v) is 5.23. The maximum Gasteiger partial charge on any atom is 0.338 e. The third-order valence-corrected chi connectivity index (χ3v) is 2.46. The predicted molar refractivity (Wildman–Crippen MR) is 57.2 cm³/mol. The van der Waals surface area contributed by atoms with Crippen LogP contribution in [0.5, 0.6) is 5.75 Å². The van der Waals surface area contributed by atoms with Crippen molar-refractivity contribution < 1.29 is 19.0 Å². The van der Waals surface area contributed by atoms with E-state index in [-0.39, 0.29) is 12.1 Å². The van der Waals surface area contributed by atoms with Gasteiger partial charge in [-0.15, -0.1) is 0 Å². The number of methoxy groups -OCH3 is 1. The number of carbonyl (C=O) groups excluding carboxylic acids is 1. The van der Waals surface area contributed by atoms with E-state index < -0.39 is 6.10 Å². The lowest BCUT2D eigenvalue weighted by Gasteiger charge is -2.04. The highest BCUT2D eigenvalue weighted by atomic mass is 16.6. The molecule has 0 aromatic heterocycles. The van der Waals surface area contributed by atoms with Crippen molar-refractivity contribution >= 4 is 5.97 Å². The Labute approximate surface area is 94.1 Å². The maximum absolute atomic E-state index is 11.4. The van der Waals surface area contributed by atoms with E-state index in [4.69, 9.17) is 14.2 Å². The Hall–Kier alpha value is -1.55. The fraction of sp³-hybridized carbons (Fsp3) is 0.417. The molecule has 1 aromatic carbocycles. The van der Waals surface area contributed by atoms with Gasteiger partial charge < -0.3 is 14.2 Å². The third-order valence-electron chi connectivity index (χ3n) is 2.46. The Morgan fingerprint density at radius 1 is 1.44 bits per heavy atom. The molecule has 1 aliphatic rings. The number of esters is 1. The predicted octanol–water partition coefficient (Wildman–Crippen LogP) is 1.70. The summed E-state index contributed by atoms with van der Waals surface area (Å²) >= 11 is 0. The summed E-state index contributed by atoms with van der Waals surface area (Å²) < 4.78 is 15.4. The highest BCUT2D eigenvalue weighted by molar-refractivity contribution is 5.78. The van der Waals surface area contributed by atoms with Crippen LogP contribution in [0.4, 0.5) is 0 Å². The number of epoxide rings is 1. The van der Waals surface area contributed by atoms with Crippen molar-refractivity contribution in [3.8, 4) is 5.75 Å². The molecule has 1 heterocycles. The number of hydrogen-bond acceptors (Lipinski definition) is 4. The van der Waals surface area contributed by atoms with Gasteiger partial charge in [-0.25, -0.2) is 4.79 Å². The average molecular weight is 222 g/mol. The Morgan fingerprint density at radius 3 is 2.88 bits per heavy atom. The monoisotopic (exact) mass is 222 g/mol. The van der Waals surface area contributed by atoms with Gasteiger partial charge in [0.25, 0.3) is 0 Å². The van der Waals surface area contributed by atoms with Gasteiger partial charge in [0.05, 0.1) is 13.7 Å². The van der Waals surface area contributed by atoms with E-state index in [0.717, 1.165) is 11.3 Å². The summed E-state index contributed by atoms with van der Waals surface area (Å²) in [5, 5.41) is 0. The molecule has 0 N–H and O–H groups in total. The van der Waals surface area contributed by atoms with Crippen LogP contribution in [0.2, 0.25) is 0 Å². The Kier molecular flexibility index (Phi) is 3.10. The lowest BCUT2D eigenvalue weighted by Crippen LogP contribution is -2.12. The second kappa shape index (κ2) is 4.53. The molecule has 0 amide bonds. The van der Waals surface area contributed by atoms with Crippen molar-refractivity contribution in [1.29, 1.82) is 0 Å². The molecular weight excluding hydrogens is 208 g/mol. The molecule has 4 heteroatoms. The minimum atomic E-state index is -0.476. The summed E-state index contributed by atoms with van der Waals surface area (Å²) in [5.74, 6) is 0.428. The molecule has 2 rings (SSSR count). The molecule has 0 saturated carbocycles. The van der Waals surface area contributed by atoms with Crippen LogP contribution in [-0.4, -0.2) is 25.8 Å². The molecule has 0 unspecified atom stereocenters. The highest BCUT2D eigenvalue weighted by Crippen LogP contribution is 2.43. The first-order chi connectivity index (χ1) is 7.77.